The Labute approximate surface area is 117 Å². The van der Waals surface area contributed by atoms with Crippen LogP contribution in [0.15, 0.2) is 0 Å². The lowest BCUT2D eigenvalue weighted by molar-refractivity contribution is -0.137. The van der Waals surface area contributed by atoms with Crippen LogP contribution in [0.2, 0.25) is 0 Å². The average Bonchev–Trinajstić information content (AvgIpc) is 3.27. The first-order valence-electron chi connectivity index (χ1n) is 7.06. The van der Waals surface area contributed by atoms with Gasteiger partial charge in [0.1, 0.15) is 6.54 Å². The van der Waals surface area contributed by atoms with Crippen molar-refractivity contribution in [2.45, 2.75) is 25.7 Å². The van der Waals surface area contributed by atoms with Crippen molar-refractivity contribution in [1.82, 2.24) is 15.5 Å². The van der Waals surface area contributed by atoms with Crippen molar-refractivity contribution >= 4 is 17.9 Å². The number of amides is 3. The molecule has 2 fully saturated rings. The van der Waals surface area contributed by atoms with Gasteiger partial charge in [0.2, 0.25) is 5.91 Å². The number of hydrogen-bond acceptors (Lipinski definition) is 3. The Morgan fingerprint density at radius 3 is 1.95 bits per heavy atom. The summed E-state index contributed by atoms with van der Waals surface area (Å²) in [6, 6.07) is -0.228. The predicted octanol–water partition coefficient (Wildman–Crippen LogP) is 0.0188. The third-order valence-electron chi connectivity index (χ3n) is 3.48. The highest BCUT2D eigenvalue weighted by Crippen LogP contribution is 2.33. The van der Waals surface area contributed by atoms with Gasteiger partial charge in [0.05, 0.1) is 6.54 Å². The smallest absolute Gasteiger partial charge is 0.322 e. The van der Waals surface area contributed by atoms with E-state index in [1.165, 1.54) is 25.7 Å². The van der Waals surface area contributed by atoms with E-state index in [0.717, 1.165) is 13.1 Å². The molecule has 7 heteroatoms. The molecule has 2 rings (SSSR count). The molecule has 0 aliphatic heterocycles. The Morgan fingerprint density at radius 1 is 0.950 bits per heavy atom. The lowest BCUT2D eigenvalue weighted by Crippen LogP contribution is -2.46. The summed E-state index contributed by atoms with van der Waals surface area (Å²) in [5.74, 6) is -0.368. The lowest BCUT2D eigenvalue weighted by Gasteiger charge is -2.22. The first-order chi connectivity index (χ1) is 9.54. The largest absolute Gasteiger partial charge is 0.480 e. The van der Waals surface area contributed by atoms with E-state index in [1.807, 2.05) is 0 Å². The molecule has 2 saturated carbocycles. The molecule has 3 N–H and O–H groups in total. The highest BCUT2D eigenvalue weighted by molar-refractivity contribution is 5.86. The maximum Gasteiger partial charge on any atom is 0.322 e. The van der Waals surface area contributed by atoms with Gasteiger partial charge in [-0.3, -0.25) is 9.59 Å². The summed E-state index contributed by atoms with van der Waals surface area (Å²) in [4.78, 5) is 35.5. The molecule has 20 heavy (non-hydrogen) atoms. The van der Waals surface area contributed by atoms with Crippen molar-refractivity contribution < 1.29 is 19.5 Å². The summed E-state index contributed by atoms with van der Waals surface area (Å²) >= 11 is 0. The molecule has 2 aliphatic carbocycles. The van der Waals surface area contributed by atoms with E-state index in [4.69, 9.17) is 5.11 Å². The monoisotopic (exact) mass is 283 g/mol. The predicted molar refractivity (Wildman–Crippen MR) is 71.1 cm³/mol. The summed E-state index contributed by atoms with van der Waals surface area (Å²) in [7, 11) is 0. The third kappa shape index (κ3) is 5.46. The normalized spacial score (nSPS) is 17.4. The van der Waals surface area contributed by atoms with E-state index >= 15 is 0 Å². The van der Waals surface area contributed by atoms with Crippen LogP contribution in [0.25, 0.3) is 0 Å². The van der Waals surface area contributed by atoms with Gasteiger partial charge in [-0.1, -0.05) is 0 Å². The van der Waals surface area contributed by atoms with Crippen LogP contribution in [-0.4, -0.2) is 54.1 Å². The van der Waals surface area contributed by atoms with E-state index in [0.29, 0.717) is 11.8 Å². The van der Waals surface area contributed by atoms with Gasteiger partial charge in [0.25, 0.3) is 0 Å². The molecule has 0 heterocycles. The van der Waals surface area contributed by atoms with Crippen molar-refractivity contribution in [2.24, 2.45) is 11.8 Å². The van der Waals surface area contributed by atoms with E-state index in [2.05, 4.69) is 10.6 Å². The quantitative estimate of drug-likeness (QED) is 0.585. The molecule has 0 unspecified atom stereocenters. The van der Waals surface area contributed by atoms with Gasteiger partial charge >= 0.3 is 12.0 Å². The molecule has 3 amide bonds. The number of carbonyl (C=O) groups excluding carboxylic acids is 2. The molecule has 0 bridgehead atoms. The molecule has 0 aromatic carbocycles. The molecule has 0 spiro atoms. The zero-order valence-corrected chi connectivity index (χ0v) is 11.4. The van der Waals surface area contributed by atoms with Gasteiger partial charge in [-0.15, -0.1) is 0 Å². The van der Waals surface area contributed by atoms with Crippen LogP contribution in [0, 0.1) is 11.8 Å². The van der Waals surface area contributed by atoms with Gasteiger partial charge in [-0.25, -0.2) is 4.79 Å². The number of carboxylic acids is 1. The van der Waals surface area contributed by atoms with Crippen LogP contribution in [0.4, 0.5) is 4.79 Å². The fourth-order valence-corrected chi connectivity index (χ4v) is 1.97. The third-order valence-corrected chi connectivity index (χ3v) is 3.48. The van der Waals surface area contributed by atoms with Gasteiger partial charge in [0, 0.05) is 13.1 Å². The van der Waals surface area contributed by atoms with Crippen LogP contribution in [0.1, 0.15) is 25.7 Å². The molecule has 0 aromatic heterocycles. The number of nitrogens with one attached hydrogen (secondary N) is 2. The zero-order valence-electron chi connectivity index (χ0n) is 11.4. The second kappa shape index (κ2) is 6.58. The number of aliphatic carboxylic acids is 1. The maximum atomic E-state index is 12.0. The van der Waals surface area contributed by atoms with Crippen molar-refractivity contribution in [1.29, 1.82) is 0 Å². The Balaban J connectivity index is 1.69. The van der Waals surface area contributed by atoms with Crippen molar-refractivity contribution in [3.8, 4) is 0 Å². The molecule has 0 atom stereocenters. The summed E-state index contributed by atoms with van der Waals surface area (Å²) < 4.78 is 0. The fraction of sp³-hybridized carbons (Fsp3) is 0.769. The standard InChI is InChI=1S/C13H21N3O4/c17-11(14-6-12(18)19)5-15-13(20)16(7-9-1-2-9)8-10-3-4-10/h9-10H,1-8H2,(H,14,17)(H,15,20)(H,18,19). The molecule has 2 aliphatic rings. The van der Waals surface area contributed by atoms with Crippen LogP contribution in [0.3, 0.4) is 0 Å². The number of nitrogens with zero attached hydrogens (tertiary/aromatic N) is 1. The minimum atomic E-state index is -1.10. The summed E-state index contributed by atoms with van der Waals surface area (Å²) in [6.45, 7) is 0.915. The minimum absolute atomic E-state index is 0.183. The lowest BCUT2D eigenvalue weighted by atomic mass is 10.3. The van der Waals surface area contributed by atoms with Crippen molar-refractivity contribution in [3.05, 3.63) is 0 Å². The average molecular weight is 283 g/mol. The van der Waals surface area contributed by atoms with E-state index in [1.54, 1.807) is 4.90 Å². The van der Waals surface area contributed by atoms with Crippen LogP contribution >= 0.6 is 0 Å². The molecule has 112 valence electrons. The molecular weight excluding hydrogens is 262 g/mol. The molecule has 7 nitrogen and oxygen atoms in total. The first-order valence-corrected chi connectivity index (χ1v) is 7.06. The van der Waals surface area contributed by atoms with Crippen LogP contribution in [0.5, 0.6) is 0 Å². The Kier molecular flexibility index (Phi) is 4.81. The van der Waals surface area contributed by atoms with Crippen molar-refractivity contribution in [2.75, 3.05) is 26.2 Å². The number of carboxylic acid groups (broad SMARTS) is 1. The highest BCUT2D eigenvalue weighted by atomic mass is 16.4. The topological polar surface area (TPSA) is 98.7 Å². The van der Waals surface area contributed by atoms with Crippen LogP contribution in [-0.2, 0) is 9.59 Å². The number of urea groups is 1. The van der Waals surface area contributed by atoms with Gasteiger partial charge < -0.3 is 20.6 Å². The Morgan fingerprint density at radius 2 is 1.50 bits per heavy atom. The van der Waals surface area contributed by atoms with E-state index < -0.39 is 18.4 Å². The highest BCUT2D eigenvalue weighted by Gasteiger charge is 2.31. The maximum absolute atomic E-state index is 12.0. The second-order valence-corrected chi connectivity index (χ2v) is 5.62. The van der Waals surface area contributed by atoms with Gasteiger partial charge in [-0.05, 0) is 37.5 Å². The second-order valence-electron chi connectivity index (χ2n) is 5.62. The number of carbonyl (C=O) groups is 3. The Bertz CT molecular complexity index is 377. The van der Waals surface area contributed by atoms with Crippen LogP contribution < -0.4 is 10.6 Å². The first kappa shape index (κ1) is 14.6. The van der Waals surface area contributed by atoms with E-state index in [9.17, 15) is 14.4 Å². The van der Waals surface area contributed by atoms with E-state index in [-0.39, 0.29) is 12.6 Å². The Hall–Kier alpha value is -1.79. The summed E-state index contributed by atoms with van der Waals surface area (Å²) in [6.07, 6.45) is 4.70. The molecule has 0 aromatic rings. The van der Waals surface area contributed by atoms with Crippen molar-refractivity contribution in [3.63, 3.8) is 0 Å². The number of hydrogen-bond donors (Lipinski definition) is 3. The molecule has 0 saturated heterocycles. The SMILES string of the molecule is O=C(O)CNC(=O)CNC(=O)N(CC1CC1)CC1CC1. The summed E-state index contributed by atoms with van der Waals surface area (Å²) in [5, 5.41) is 13.2. The molecule has 0 radical (unpaired) electrons. The number of rotatable bonds is 8. The molecular formula is C13H21N3O4. The zero-order chi connectivity index (χ0) is 14.5. The van der Waals surface area contributed by atoms with Gasteiger partial charge in [-0.2, -0.15) is 0 Å². The fourth-order valence-electron chi connectivity index (χ4n) is 1.97. The summed E-state index contributed by atoms with van der Waals surface area (Å²) in [5.41, 5.74) is 0. The van der Waals surface area contributed by atoms with Gasteiger partial charge in [0.15, 0.2) is 0 Å². The minimum Gasteiger partial charge on any atom is -0.480 e.